The van der Waals surface area contributed by atoms with Crippen molar-refractivity contribution in [2.45, 2.75) is 38.6 Å². The fourth-order valence-corrected chi connectivity index (χ4v) is 4.50. The van der Waals surface area contributed by atoms with Gasteiger partial charge in [0.05, 0.1) is 12.3 Å². The Kier molecular flexibility index (Phi) is 6.87. The zero-order valence-corrected chi connectivity index (χ0v) is 19.6. The Morgan fingerprint density at radius 2 is 1.74 bits per heavy atom. The second-order valence-electron chi connectivity index (χ2n) is 8.77. The molecule has 3 aromatic rings. The number of fused-ring (bicyclic) bond motifs is 1. The van der Waals surface area contributed by atoms with Crippen molar-refractivity contribution in [2.24, 2.45) is 0 Å². The lowest BCUT2D eigenvalue weighted by Gasteiger charge is -2.26. The molecule has 3 aromatic carbocycles. The Labute approximate surface area is 200 Å². The zero-order chi connectivity index (χ0) is 24.1. The third-order valence-electron chi connectivity index (χ3n) is 6.22. The summed E-state index contributed by atoms with van der Waals surface area (Å²) in [5.41, 5.74) is 4.10. The van der Waals surface area contributed by atoms with Crippen molar-refractivity contribution in [3.63, 3.8) is 0 Å². The van der Waals surface area contributed by atoms with Gasteiger partial charge in [-0.3, -0.25) is 4.79 Å². The number of hydrogen-bond donors (Lipinski definition) is 3. The number of carboxylic acids is 1. The normalized spacial score (nSPS) is 13.7. The monoisotopic (exact) mass is 458 g/mol. The van der Waals surface area contributed by atoms with Crippen molar-refractivity contribution < 1.29 is 19.4 Å². The Balaban J connectivity index is 1.50. The molecule has 0 heterocycles. The first-order valence-electron chi connectivity index (χ1n) is 11.6. The average molecular weight is 459 g/mol. The van der Waals surface area contributed by atoms with Crippen LogP contribution < -0.4 is 15.4 Å². The molecule has 34 heavy (non-hydrogen) atoms. The number of carbonyl (C=O) groups excluding carboxylic acids is 1. The van der Waals surface area contributed by atoms with Crippen LogP contribution in [0.4, 0.5) is 5.69 Å². The number of ether oxygens (including phenoxy) is 1. The predicted molar refractivity (Wildman–Crippen MR) is 133 cm³/mol. The number of rotatable bonds is 9. The van der Waals surface area contributed by atoms with Crippen LogP contribution in [0.1, 0.15) is 39.5 Å². The Morgan fingerprint density at radius 3 is 2.38 bits per heavy atom. The summed E-state index contributed by atoms with van der Waals surface area (Å²) in [6.07, 6.45) is 1.36. The molecule has 0 saturated heterocycles. The fourth-order valence-electron chi connectivity index (χ4n) is 4.50. The van der Waals surface area contributed by atoms with Gasteiger partial charge in [0.2, 0.25) is 0 Å². The zero-order valence-electron chi connectivity index (χ0n) is 19.6. The van der Waals surface area contributed by atoms with Crippen molar-refractivity contribution in [3.8, 4) is 5.75 Å². The maximum atomic E-state index is 13.2. The van der Waals surface area contributed by atoms with Gasteiger partial charge in [0, 0.05) is 24.9 Å². The Hall–Kier alpha value is -3.80. The largest absolute Gasteiger partial charge is 0.492 e. The predicted octanol–water partition coefficient (Wildman–Crippen LogP) is 4.40. The molecular formula is C28H30N2O4. The van der Waals surface area contributed by atoms with Gasteiger partial charge in [0.15, 0.2) is 0 Å². The van der Waals surface area contributed by atoms with Crippen molar-refractivity contribution >= 4 is 17.6 Å². The number of carboxylic acid groups (broad SMARTS) is 1. The number of aryl methyl sites for hydroxylation is 1. The molecule has 0 aliphatic heterocycles. The molecule has 1 aliphatic rings. The van der Waals surface area contributed by atoms with Crippen LogP contribution in [0.5, 0.6) is 5.75 Å². The molecule has 1 aliphatic carbocycles. The summed E-state index contributed by atoms with van der Waals surface area (Å²) in [4.78, 5) is 25.4. The minimum absolute atomic E-state index is 0.267. The van der Waals surface area contributed by atoms with Crippen LogP contribution in [0.2, 0.25) is 0 Å². The summed E-state index contributed by atoms with van der Waals surface area (Å²) in [6, 6.07) is 21.1. The maximum absolute atomic E-state index is 13.2. The molecule has 1 amide bonds. The van der Waals surface area contributed by atoms with Gasteiger partial charge < -0.3 is 20.5 Å². The minimum atomic E-state index is -1.35. The van der Waals surface area contributed by atoms with Crippen molar-refractivity contribution in [2.75, 3.05) is 18.5 Å². The van der Waals surface area contributed by atoms with E-state index < -0.39 is 17.4 Å². The summed E-state index contributed by atoms with van der Waals surface area (Å²) in [7, 11) is 0. The molecule has 0 fully saturated rings. The Bertz CT molecular complexity index is 1180. The lowest BCUT2D eigenvalue weighted by molar-refractivity contribution is -0.144. The first-order valence-corrected chi connectivity index (χ1v) is 11.6. The molecule has 0 spiro atoms. The molecule has 176 valence electrons. The van der Waals surface area contributed by atoms with Crippen LogP contribution in [0.15, 0.2) is 66.7 Å². The summed E-state index contributed by atoms with van der Waals surface area (Å²) >= 11 is 0. The van der Waals surface area contributed by atoms with E-state index in [0.717, 1.165) is 17.5 Å². The highest BCUT2D eigenvalue weighted by Crippen LogP contribution is 2.31. The number of amides is 1. The molecule has 0 bridgehead atoms. The van der Waals surface area contributed by atoms with Crippen LogP contribution in [-0.4, -0.2) is 35.7 Å². The van der Waals surface area contributed by atoms with E-state index in [0.29, 0.717) is 30.2 Å². The van der Waals surface area contributed by atoms with Crippen LogP contribution in [-0.2, 0) is 24.1 Å². The van der Waals surface area contributed by atoms with Gasteiger partial charge in [-0.15, -0.1) is 0 Å². The van der Waals surface area contributed by atoms with Crippen LogP contribution in [0.25, 0.3) is 0 Å². The second-order valence-corrected chi connectivity index (χ2v) is 8.77. The van der Waals surface area contributed by atoms with Gasteiger partial charge >= 0.3 is 5.97 Å². The number of nitrogens with one attached hydrogen (secondary N) is 2. The molecule has 4 rings (SSSR count). The molecule has 0 saturated carbocycles. The van der Waals surface area contributed by atoms with Crippen LogP contribution in [0.3, 0.4) is 0 Å². The van der Waals surface area contributed by atoms with E-state index in [1.807, 2.05) is 37.3 Å². The Morgan fingerprint density at radius 1 is 1.00 bits per heavy atom. The molecule has 0 atom stereocenters. The van der Waals surface area contributed by atoms with E-state index in [-0.39, 0.29) is 12.8 Å². The topological polar surface area (TPSA) is 87.7 Å². The minimum Gasteiger partial charge on any atom is -0.492 e. The van der Waals surface area contributed by atoms with E-state index in [1.165, 1.54) is 11.1 Å². The highest BCUT2D eigenvalue weighted by Gasteiger charge is 2.45. The SMILES string of the molecule is CCOc1ccc(C(=O)NC2(C(=O)O)Cc3ccccc3C2)cc1NCCc1cccc(C)c1. The molecular weight excluding hydrogens is 428 g/mol. The molecule has 0 unspecified atom stereocenters. The van der Waals surface area contributed by atoms with Crippen molar-refractivity contribution in [1.82, 2.24) is 5.32 Å². The van der Waals surface area contributed by atoms with Crippen molar-refractivity contribution in [3.05, 3.63) is 94.5 Å². The number of hydrogen-bond acceptors (Lipinski definition) is 4. The average Bonchev–Trinajstić information content (AvgIpc) is 3.20. The van der Waals surface area contributed by atoms with Gasteiger partial charge in [-0.1, -0.05) is 54.1 Å². The van der Waals surface area contributed by atoms with Gasteiger partial charge in [-0.05, 0) is 55.2 Å². The first kappa shape index (κ1) is 23.4. The summed E-state index contributed by atoms with van der Waals surface area (Å²) in [5, 5.41) is 16.2. The summed E-state index contributed by atoms with van der Waals surface area (Å²) in [5.74, 6) is -0.788. The number of anilines is 1. The standard InChI is InChI=1S/C28H30N2O4/c1-3-34-25-12-11-21(16-24(25)29-14-13-20-8-6-7-19(2)15-20)26(31)30-28(27(32)33)17-22-9-4-5-10-23(22)18-28/h4-12,15-16,29H,3,13-14,17-18H2,1-2H3,(H,30,31)(H,32,33). The number of aliphatic carboxylic acids is 1. The van der Waals surface area contributed by atoms with E-state index in [2.05, 4.69) is 35.8 Å². The van der Waals surface area contributed by atoms with Gasteiger partial charge in [-0.25, -0.2) is 4.79 Å². The second kappa shape index (κ2) is 10.00. The summed E-state index contributed by atoms with van der Waals surface area (Å²) < 4.78 is 5.74. The van der Waals surface area contributed by atoms with E-state index in [1.54, 1.807) is 18.2 Å². The van der Waals surface area contributed by atoms with E-state index in [9.17, 15) is 14.7 Å². The van der Waals surface area contributed by atoms with Gasteiger partial charge in [0.1, 0.15) is 11.3 Å². The summed E-state index contributed by atoms with van der Waals surface area (Å²) in [6.45, 7) is 5.14. The smallest absolute Gasteiger partial charge is 0.330 e. The van der Waals surface area contributed by atoms with Crippen molar-refractivity contribution in [1.29, 1.82) is 0 Å². The molecule has 6 nitrogen and oxygen atoms in total. The van der Waals surface area contributed by atoms with Crippen LogP contribution in [0, 0.1) is 6.92 Å². The highest BCUT2D eigenvalue weighted by atomic mass is 16.5. The molecule has 0 radical (unpaired) electrons. The molecule has 3 N–H and O–H groups in total. The third kappa shape index (κ3) is 5.06. The fraction of sp³-hybridized carbons (Fsp3) is 0.286. The van der Waals surface area contributed by atoms with Gasteiger partial charge in [-0.2, -0.15) is 0 Å². The maximum Gasteiger partial charge on any atom is 0.330 e. The molecule has 0 aromatic heterocycles. The number of carbonyl (C=O) groups is 2. The van der Waals surface area contributed by atoms with E-state index in [4.69, 9.17) is 4.74 Å². The molecule has 6 heteroatoms. The van der Waals surface area contributed by atoms with Crippen LogP contribution >= 0.6 is 0 Å². The van der Waals surface area contributed by atoms with Gasteiger partial charge in [0.25, 0.3) is 5.91 Å². The lowest BCUT2D eigenvalue weighted by atomic mass is 9.95. The third-order valence-corrected chi connectivity index (χ3v) is 6.22. The number of benzene rings is 3. The highest BCUT2D eigenvalue weighted by molar-refractivity contribution is 5.99. The quantitative estimate of drug-likeness (QED) is 0.442. The van der Waals surface area contributed by atoms with E-state index >= 15 is 0 Å². The lowest BCUT2D eigenvalue weighted by Crippen LogP contribution is -2.55. The first-order chi connectivity index (χ1) is 16.4.